The van der Waals surface area contributed by atoms with Crippen molar-refractivity contribution < 1.29 is 8.42 Å². The highest BCUT2D eigenvalue weighted by atomic mass is 32.2. The van der Waals surface area contributed by atoms with Crippen LogP contribution in [0, 0.1) is 0 Å². The lowest BCUT2D eigenvalue weighted by Crippen LogP contribution is -2.35. The molecule has 4 rings (SSSR count). The Morgan fingerprint density at radius 3 is 2.77 bits per heavy atom. The van der Waals surface area contributed by atoms with Crippen LogP contribution in [0.25, 0.3) is 0 Å². The highest BCUT2D eigenvalue weighted by molar-refractivity contribution is 7.92. The van der Waals surface area contributed by atoms with E-state index in [1.807, 2.05) is 36.4 Å². The average molecular weight is 314 g/mol. The van der Waals surface area contributed by atoms with Gasteiger partial charge in [-0.2, -0.15) is 0 Å². The zero-order valence-electron chi connectivity index (χ0n) is 12.2. The van der Waals surface area contributed by atoms with Crippen molar-refractivity contribution >= 4 is 21.4 Å². The summed E-state index contributed by atoms with van der Waals surface area (Å²) in [6.45, 7) is 1.43. The number of sulfonamides is 1. The summed E-state index contributed by atoms with van der Waals surface area (Å²) in [4.78, 5) is 0.395. The molecule has 0 unspecified atom stereocenters. The maximum absolute atomic E-state index is 13.1. The molecule has 2 aliphatic heterocycles. The first-order chi connectivity index (χ1) is 10.7. The van der Waals surface area contributed by atoms with E-state index < -0.39 is 10.0 Å². The fourth-order valence-electron chi connectivity index (χ4n) is 3.32. The van der Waals surface area contributed by atoms with Gasteiger partial charge in [0.15, 0.2) is 0 Å². The molecule has 4 nitrogen and oxygen atoms in total. The first-order valence-corrected chi connectivity index (χ1v) is 9.08. The standard InChI is InChI=1S/C17H18N2O2S/c20-22(21,15-7-8-16-14(12-15)9-10-18-16)19-11-3-5-13-4-1-2-6-17(13)19/h1-2,4,6-8,12,18H,3,5,9-11H2. The minimum atomic E-state index is -3.49. The summed E-state index contributed by atoms with van der Waals surface area (Å²) in [5, 5.41) is 3.27. The Balaban J connectivity index is 1.79. The predicted octanol–water partition coefficient (Wildman–Crippen LogP) is 2.80. The van der Waals surface area contributed by atoms with E-state index in [9.17, 15) is 8.42 Å². The quantitative estimate of drug-likeness (QED) is 0.927. The zero-order chi connectivity index (χ0) is 15.2. The number of rotatable bonds is 2. The van der Waals surface area contributed by atoms with E-state index >= 15 is 0 Å². The Bertz CT molecular complexity index is 830. The molecule has 0 saturated heterocycles. The monoisotopic (exact) mass is 314 g/mol. The molecule has 5 heteroatoms. The Kier molecular flexibility index (Phi) is 3.11. The molecule has 0 bridgehead atoms. The fraction of sp³-hybridized carbons (Fsp3) is 0.294. The van der Waals surface area contributed by atoms with Crippen molar-refractivity contribution in [1.82, 2.24) is 0 Å². The smallest absolute Gasteiger partial charge is 0.264 e. The molecule has 0 fully saturated rings. The largest absolute Gasteiger partial charge is 0.384 e. The van der Waals surface area contributed by atoms with Gasteiger partial charge >= 0.3 is 0 Å². The lowest BCUT2D eigenvalue weighted by molar-refractivity contribution is 0.586. The average Bonchev–Trinajstić information content (AvgIpc) is 3.02. The number of nitrogens with zero attached hydrogens (tertiary/aromatic N) is 1. The van der Waals surface area contributed by atoms with Crippen LogP contribution in [0.5, 0.6) is 0 Å². The van der Waals surface area contributed by atoms with Crippen LogP contribution in [0.2, 0.25) is 0 Å². The van der Waals surface area contributed by atoms with Gasteiger partial charge in [0.2, 0.25) is 0 Å². The van der Waals surface area contributed by atoms with E-state index in [0.29, 0.717) is 11.4 Å². The van der Waals surface area contributed by atoms with Gasteiger partial charge in [0.1, 0.15) is 0 Å². The first-order valence-electron chi connectivity index (χ1n) is 7.64. The van der Waals surface area contributed by atoms with Crippen molar-refractivity contribution in [3.8, 4) is 0 Å². The molecule has 0 radical (unpaired) electrons. The van der Waals surface area contributed by atoms with Gasteiger partial charge in [0, 0.05) is 18.8 Å². The van der Waals surface area contributed by atoms with E-state index in [1.165, 1.54) is 0 Å². The number of aryl methyl sites for hydroxylation is 1. The van der Waals surface area contributed by atoms with Gasteiger partial charge < -0.3 is 5.32 Å². The van der Waals surface area contributed by atoms with Crippen LogP contribution >= 0.6 is 0 Å². The van der Waals surface area contributed by atoms with Crippen LogP contribution in [0.1, 0.15) is 17.5 Å². The SMILES string of the molecule is O=S(=O)(c1ccc2c(c1)CCN2)N1CCCc2ccccc21. The predicted molar refractivity (Wildman–Crippen MR) is 87.9 cm³/mol. The molecule has 2 aliphatic rings. The van der Waals surface area contributed by atoms with Crippen LogP contribution < -0.4 is 9.62 Å². The third-order valence-electron chi connectivity index (χ3n) is 4.44. The summed E-state index contributed by atoms with van der Waals surface area (Å²) in [5.41, 5.74) is 4.08. The Hall–Kier alpha value is -2.01. The van der Waals surface area contributed by atoms with Gasteiger partial charge in [-0.3, -0.25) is 4.31 Å². The molecule has 0 amide bonds. The lowest BCUT2D eigenvalue weighted by atomic mass is 10.0. The number of nitrogens with one attached hydrogen (secondary N) is 1. The summed E-state index contributed by atoms with van der Waals surface area (Å²) in [6, 6.07) is 13.2. The fourth-order valence-corrected chi connectivity index (χ4v) is 4.91. The molecule has 1 N–H and O–H groups in total. The first kappa shape index (κ1) is 13.6. The van der Waals surface area contributed by atoms with Gasteiger partial charge in [-0.25, -0.2) is 8.42 Å². The molecular formula is C17H18N2O2S. The molecule has 0 saturated carbocycles. The van der Waals surface area contributed by atoms with Crippen LogP contribution in [-0.2, 0) is 22.9 Å². The highest BCUT2D eigenvalue weighted by Gasteiger charge is 2.29. The van der Waals surface area contributed by atoms with E-state index in [1.54, 1.807) is 10.4 Å². The second kappa shape index (κ2) is 5.02. The third-order valence-corrected chi connectivity index (χ3v) is 6.25. The highest BCUT2D eigenvalue weighted by Crippen LogP contribution is 2.33. The molecule has 114 valence electrons. The topological polar surface area (TPSA) is 49.4 Å². The van der Waals surface area contributed by atoms with Crippen LogP contribution in [0.4, 0.5) is 11.4 Å². The van der Waals surface area contributed by atoms with E-state index in [4.69, 9.17) is 0 Å². The van der Waals surface area contributed by atoms with Crippen LogP contribution in [0.15, 0.2) is 47.4 Å². The van der Waals surface area contributed by atoms with E-state index in [-0.39, 0.29) is 0 Å². The summed E-state index contributed by atoms with van der Waals surface area (Å²) in [7, 11) is -3.49. The second-order valence-corrected chi connectivity index (χ2v) is 7.67. The van der Waals surface area contributed by atoms with Gasteiger partial charge in [-0.1, -0.05) is 18.2 Å². The van der Waals surface area contributed by atoms with Crippen molar-refractivity contribution in [2.45, 2.75) is 24.2 Å². The maximum Gasteiger partial charge on any atom is 0.264 e. The molecule has 0 aliphatic carbocycles. The Morgan fingerprint density at radius 2 is 1.86 bits per heavy atom. The minimum Gasteiger partial charge on any atom is -0.384 e. The maximum atomic E-state index is 13.1. The van der Waals surface area contributed by atoms with Crippen molar-refractivity contribution in [1.29, 1.82) is 0 Å². The Morgan fingerprint density at radius 1 is 1.00 bits per heavy atom. The summed E-state index contributed by atoms with van der Waals surface area (Å²) >= 11 is 0. The molecule has 0 aromatic heterocycles. The number of para-hydroxylation sites is 1. The van der Waals surface area contributed by atoms with Crippen molar-refractivity contribution in [2.75, 3.05) is 22.7 Å². The van der Waals surface area contributed by atoms with Gasteiger partial charge in [-0.05, 0) is 54.7 Å². The van der Waals surface area contributed by atoms with Gasteiger partial charge in [-0.15, -0.1) is 0 Å². The third kappa shape index (κ3) is 2.08. The zero-order valence-corrected chi connectivity index (χ0v) is 13.1. The molecule has 2 heterocycles. The summed E-state index contributed by atoms with van der Waals surface area (Å²) < 4.78 is 27.7. The number of hydrogen-bond donors (Lipinski definition) is 1. The number of fused-ring (bicyclic) bond motifs is 2. The van der Waals surface area contributed by atoms with Crippen molar-refractivity contribution in [3.05, 3.63) is 53.6 Å². The number of anilines is 2. The molecule has 22 heavy (non-hydrogen) atoms. The van der Waals surface area contributed by atoms with E-state index in [2.05, 4.69) is 5.32 Å². The lowest BCUT2D eigenvalue weighted by Gasteiger charge is -2.30. The second-order valence-electron chi connectivity index (χ2n) is 5.81. The van der Waals surface area contributed by atoms with Crippen molar-refractivity contribution in [2.24, 2.45) is 0 Å². The Labute approximate surface area is 130 Å². The number of benzene rings is 2. The van der Waals surface area contributed by atoms with Gasteiger partial charge in [0.25, 0.3) is 10.0 Å². The molecule has 2 aromatic rings. The van der Waals surface area contributed by atoms with Crippen LogP contribution in [-0.4, -0.2) is 21.5 Å². The van der Waals surface area contributed by atoms with Crippen LogP contribution in [0.3, 0.4) is 0 Å². The number of hydrogen-bond acceptors (Lipinski definition) is 3. The molecule has 0 spiro atoms. The summed E-state index contributed by atoms with van der Waals surface area (Å²) in [6.07, 6.45) is 2.69. The molecule has 2 aromatic carbocycles. The van der Waals surface area contributed by atoms with Crippen molar-refractivity contribution in [3.63, 3.8) is 0 Å². The van der Waals surface area contributed by atoms with Gasteiger partial charge in [0.05, 0.1) is 10.6 Å². The summed E-state index contributed by atoms with van der Waals surface area (Å²) in [5.74, 6) is 0. The molecule has 0 atom stereocenters. The van der Waals surface area contributed by atoms with E-state index in [0.717, 1.165) is 48.3 Å². The minimum absolute atomic E-state index is 0.395. The molecular weight excluding hydrogens is 296 g/mol. The normalized spacial score (nSPS) is 16.8.